The number of rotatable bonds is 12. The maximum atomic E-state index is 12.5. The van der Waals surface area contributed by atoms with Gasteiger partial charge in [-0.25, -0.2) is 4.57 Å². The van der Waals surface area contributed by atoms with Gasteiger partial charge in [-0.2, -0.15) is 0 Å². The van der Waals surface area contributed by atoms with Crippen LogP contribution in [0.5, 0.6) is 5.75 Å². The first-order valence-electron chi connectivity index (χ1n) is 8.86. The second kappa shape index (κ2) is 10.5. The molecule has 0 aromatic carbocycles. The highest BCUT2D eigenvalue weighted by Gasteiger charge is 2.19. The van der Waals surface area contributed by atoms with Gasteiger partial charge in [-0.05, 0) is 17.7 Å². The van der Waals surface area contributed by atoms with Crippen molar-refractivity contribution in [3.8, 4) is 5.75 Å². The molecule has 0 aliphatic rings. The average molecular weight is 398 g/mol. The van der Waals surface area contributed by atoms with Gasteiger partial charge in [0.05, 0.1) is 17.9 Å². The number of carboxylic acid groups (broad SMARTS) is 3. The third-order valence-electron chi connectivity index (χ3n) is 4.47. The van der Waals surface area contributed by atoms with Gasteiger partial charge in [0.1, 0.15) is 24.7 Å². The lowest BCUT2D eigenvalue weighted by atomic mass is 9.96. The molecule has 0 spiro atoms. The molecular weight excluding hydrogens is 372 g/mol. The maximum Gasteiger partial charge on any atom is 0.172 e. The van der Waals surface area contributed by atoms with E-state index in [1.54, 1.807) is 10.8 Å². The Bertz CT molecular complexity index is 726. The smallest absolute Gasteiger partial charge is 0.172 e. The van der Waals surface area contributed by atoms with Crippen molar-refractivity contribution in [2.45, 2.75) is 56.8 Å². The van der Waals surface area contributed by atoms with Crippen LogP contribution in [-0.2, 0) is 33.8 Å². The molecule has 0 fully saturated rings. The number of carbonyl (C=O) groups is 3. The van der Waals surface area contributed by atoms with E-state index in [9.17, 15) is 34.8 Å². The summed E-state index contributed by atoms with van der Waals surface area (Å²) in [6.07, 6.45) is 3.76. The zero-order valence-corrected chi connectivity index (χ0v) is 15.6. The van der Waals surface area contributed by atoms with E-state index in [-0.39, 0.29) is 31.2 Å². The van der Waals surface area contributed by atoms with Crippen LogP contribution in [0.1, 0.15) is 30.4 Å². The molecule has 156 valence electrons. The fraction of sp³-hybridized carbons (Fsp3) is 0.529. The first-order chi connectivity index (χ1) is 13.0. The van der Waals surface area contributed by atoms with E-state index in [4.69, 9.17) is 0 Å². The number of aliphatic carboxylic acids is 3. The van der Waals surface area contributed by atoms with E-state index in [1.165, 1.54) is 6.20 Å². The predicted molar refractivity (Wildman–Crippen MR) is 82.4 cm³/mol. The first kappa shape index (κ1) is 23.3. The Morgan fingerprint density at radius 2 is 1.43 bits per heavy atom. The van der Waals surface area contributed by atoms with Gasteiger partial charge in [-0.15, -0.1) is 0 Å². The second-order valence-corrected chi connectivity index (χ2v) is 6.80. The van der Waals surface area contributed by atoms with Gasteiger partial charge in [0.15, 0.2) is 12.4 Å². The number of hydrogen-bond acceptors (Lipinski definition) is 7. The third kappa shape index (κ3) is 7.10. The highest BCUT2D eigenvalue weighted by atomic mass is 16.4. The van der Waals surface area contributed by atoms with Crippen LogP contribution in [0, 0.1) is 0 Å². The van der Waals surface area contributed by atoms with E-state index >= 15 is 0 Å². The highest BCUT2D eigenvalue weighted by molar-refractivity contribution is 5.70. The lowest BCUT2D eigenvalue weighted by molar-refractivity contribution is -0.700. The summed E-state index contributed by atoms with van der Waals surface area (Å²) < 4.78 is 1.57. The molecule has 28 heavy (non-hydrogen) atoms. The summed E-state index contributed by atoms with van der Waals surface area (Å²) in [4.78, 5) is 32.6. The van der Waals surface area contributed by atoms with Crippen LogP contribution < -0.4 is 42.2 Å². The average Bonchev–Trinajstić information content (AvgIpc) is 2.61. The number of carboxylic acids is 3. The van der Waals surface area contributed by atoms with Crippen LogP contribution in [0.3, 0.4) is 0 Å². The maximum absolute atomic E-state index is 12.5. The van der Waals surface area contributed by atoms with E-state index in [0.717, 1.165) is 0 Å². The quantitative estimate of drug-likeness (QED) is 0.287. The van der Waals surface area contributed by atoms with Crippen molar-refractivity contribution < 1.29 is 56.6 Å². The number of hydrogen-bond donors (Lipinski definition) is 3. The molecule has 1 heterocycles. The molecule has 0 saturated carbocycles. The second-order valence-electron chi connectivity index (χ2n) is 6.80. The van der Waals surface area contributed by atoms with Crippen LogP contribution >= 0.6 is 0 Å². The fourth-order valence-corrected chi connectivity index (χ4v) is 2.69. The van der Waals surface area contributed by atoms with Gasteiger partial charge < -0.3 is 52.0 Å². The third-order valence-corrected chi connectivity index (χ3v) is 4.47. The van der Waals surface area contributed by atoms with Gasteiger partial charge >= 0.3 is 0 Å². The minimum Gasteiger partial charge on any atom is -0.868 e. The number of nitrogens with zero attached hydrogens (tertiary/aromatic N) is 1. The topological polar surface area (TPSA) is 230 Å². The van der Waals surface area contributed by atoms with Crippen LogP contribution in [0.25, 0.3) is 0 Å². The molecule has 3 atom stereocenters. The van der Waals surface area contributed by atoms with Gasteiger partial charge in [0.2, 0.25) is 0 Å². The molecule has 1 aromatic heterocycles. The van der Waals surface area contributed by atoms with E-state index < -0.39 is 41.8 Å². The van der Waals surface area contributed by atoms with Gasteiger partial charge in [-0.3, -0.25) is 0 Å². The molecule has 0 aliphatic heterocycles. The number of pyridine rings is 1. The Morgan fingerprint density at radius 3 is 1.96 bits per heavy atom. The molecule has 11 nitrogen and oxygen atoms in total. The number of carbonyl (C=O) groups excluding carboxylic acids is 3. The molecule has 11 heteroatoms. The van der Waals surface area contributed by atoms with Gasteiger partial charge in [-0.1, -0.05) is 0 Å². The monoisotopic (exact) mass is 398 g/mol. The molecule has 0 aliphatic carbocycles. The summed E-state index contributed by atoms with van der Waals surface area (Å²) in [6, 6.07) is -2.98. The van der Waals surface area contributed by atoms with Crippen molar-refractivity contribution in [3.05, 3.63) is 23.5 Å². The van der Waals surface area contributed by atoms with Crippen molar-refractivity contribution in [2.24, 2.45) is 0 Å². The minimum atomic E-state index is -1.39. The summed E-state index contributed by atoms with van der Waals surface area (Å²) in [7, 11) is 0. The lowest BCUT2D eigenvalue weighted by Gasteiger charge is -2.19. The molecule has 1 aromatic rings. The molecule has 0 unspecified atom stereocenters. The zero-order chi connectivity index (χ0) is 21.4. The standard InChI is InChI=1S/C17H26N4O7/c18-11(15(23)24)2-1-5-21-7-9(3-4-12(19)16(25)26)10(14(22)8-21)6-13(20)17(27)28/h7-8,11-13H,1-6,18-20H2,(H3-,22,23,24,25,26,27,28)/t11-,12-,13-/m0/s1. The minimum absolute atomic E-state index is 0.109. The van der Waals surface area contributed by atoms with Crippen molar-refractivity contribution in [1.29, 1.82) is 0 Å². The zero-order valence-electron chi connectivity index (χ0n) is 15.6. The summed E-state index contributed by atoms with van der Waals surface area (Å²) in [5, 5.41) is 45.0. The molecule has 9 N–H and O–H groups in total. The van der Waals surface area contributed by atoms with Crippen LogP contribution in [0.2, 0.25) is 0 Å². The fourth-order valence-electron chi connectivity index (χ4n) is 2.69. The van der Waals surface area contributed by atoms with Crippen molar-refractivity contribution >= 4 is 17.9 Å². The van der Waals surface area contributed by atoms with Crippen LogP contribution in [-0.4, -0.2) is 36.0 Å². The Morgan fingerprint density at radius 1 is 0.893 bits per heavy atom. The Labute approximate surface area is 161 Å². The predicted octanol–water partition coefficient (Wildman–Crippen LogP) is -8.62. The SMILES string of the molecule is [NH3+][C@@H](CCC[n+]1cc([O-])c(C[C@H]([NH3+])C(=O)[O-])c(CC[C@H]([NH3+])C(=O)[O-])c1)C(=O)[O-]. The largest absolute Gasteiger partial charge is 0.868 e. The van der Waals surface area contributed by atoms with E-state index in [0.29, 0.717) is 18.5 Å². The lowest BCUT2D eigenvalue weighted by Crippen LogP contribution is -2.69. The highest BCUT2D eigenvalue weighted by Crippen LogP contribution is 2.19. The molecule has 1 rings (SSSR count). The molecule has 0 bridgehead atoms. The van der Waals surface area contributed by atoms with Crippen molar-refractivity contribution in [3.63, 3.8) is 0 Å². The summed E-state index contributed by atoms with van der Waals surface area (Å²) in [5.41, 5.74) is 11.1. The normalized spacial score (nSPS) is 14.2. The van der Waals surface area contributed by atoms with Crippen LogP contribution in [0.15, 0.2) is 12.4 Å². The Hall–Kier alpha value is -2.76. The number of aromatic nitrogens is 1. The number of aryl methyl sites for hydroxylation is 2. The molecule has 0 radical (unpaired) electrons. The van der Waals surface area contributed by atoms with Gasteiger partial charge in [0, 0.05) is 31.2 Å². The summed E-state index contributed by atoms with van der Waals surface area (Å²) in [6.45, 7) is 0.338. The molecular formula is C17H26N4O7. The number of quaternary nitrogens is 3. The van der Waals surface area contributed by atoms with Crippen LogP contribution in [0.4, 0.5) is 0 Å². The van der Waals surface area contributed by atoms with Crippen molar-refractivity contribution in [1.82, 2.24) is 0 Å². The van der Waals surface area contributed by atoms with Crippen molar-refractivity contribution in [2.75, 3.05) is 0 Å². The summed E-state index contributed by atoms with van der Waals surface area (Å²) >= 11 is 0. The summed E-state index contributed by atoms with van der Waals surface area (Å²) in [5.74, 6) is -4.37. The molecule has 0 amide bonds. The Balaban J connectivity index is 3.02. The first-order valence-corrected chi connectivity index (χ1v) is 8.86. The van der Waals surface area contributed by atoms with E-state index in [2.05, 4.69) is 17.2 Å². The van der Waals surface area contributed by atoms with E-state index in [1.807, 2.05) is 0 Å². The Kier molecular flexibility index (Phi) is 8.76. The van der Waals surface area contributed by atoms with Gasteiger partial charge in [0.25, 0.3) is 0 Å². The molecule has 0 saturated heterocycles.